The number of para-hydroxylation sites is 1. The van der Waals surface area contributed by atoms with Crippen molar-refractivity contribution in [2.45, 2.75) is 39.1 Å². The van der Waals surface area contributed by atoms with E-state index in [1.54, 1.807) is 12.1 Å². The Bertz CT molecular complexity index is 679. The Labute approximate surface area is 152 Å². The van der Waals surface area contributed by atoms with Crippen LogP contribution in [0.1, 0.15) is 42.6 Å². The Morgan fingerprint density at radius 2 is 2.04 bits per heavy atom. The van der Waals surface area contributed by atoms with E-state index in [-0.39, 0.29) is 30.4 Å². The van der Waals surface area contributed by atoms with E-state index in [9.17, 15) is 19.4 Å². The van der Waals surface area contributed by atoms with Crippen LogP contribution in [0.5, 0.6) is 5.75 Å². The highest BCUT2D eigenvalue weighted by Crippen LogP contribution is 2.30. The molecule has 1 aromatic carbocycles. The monoisotopic (exact) mass is 363 g/mol. The Hall–Kier alpha value is -2.55. The van der Waals surface area contributed by atoms with Crippen molar-refractivity contribution >= 4 is 25.0 Å². The molecule has 8 nitrogen and oxygen atoms in total. The van der Waals surface area contributed by atoms with Crippen LogP contribution in [-0.4, -0.2) is 49.1 Å². The van der Waals surface area contributed by atoms with Gasteiger partial charge >= 0.3 is 19.1 Å². The molecular weight excluding hydrogens is 341 g/mol. The van der Waals surface area contributed by atoms with Crippen LogP contribution in [0.25, 0.3) is 0 Å². The van der Waals surface area contributed by atoms with Gasteiger partial charge in [0, 0.05) is 13.3 Å². The maximum Gasteiger partial charge on any atom is 0.547 e. The van der Waals surface area contributed by atoms with Crippen LogP contribution in [0.2, 0.25) is 0 Å². The lowest BCUT2D eigenvalue weighted by Gasteiger charge is -2.29. The van der Waals surface area contributed by atoms with E-state index in [0.717, 1.165) is 0 Å². The van der Waals surface area contributed by atoms with E-state index >= 15 is 0 Å². The van der Waals surface area contributed by atoms with Crippen molar-refractivity contribution in [2.24, 2.45) is 0 Å². The van der Waals surface area contributed by atoms with Crippen LogP contribution >= 0.6 is 0 Å². The molecule has 0 saturated carbocycles. The number of hydrogen-bond acceptors (Lipinski definition) is 7. The summed E-state index contributed by atoms with van der Waals surface area (Å²) in [6.45, 7) is 3.04. The molecule has 0 aromatic heterocycles. The Morgan fingerprint density at radius 3 is 2.73 bits per heavy atom. The fraction of sp³-hybridized carbons (Fsp3) is 0.471. The third-order valence-electron chi connectivity index (χ3n) is 3.78. The number of rotatable bonds is 7. The van der Waals surface area contributed by atoms with Crippen molar-refractivity contribution in [3.8, 4) is 5.75 Å². The molecule has 1 aromatic rings. The van der Waals surface area contributed by atoms with Gasteiger partial charge in [0.05, 0.1) is 5.94 Å². The van der Waals surface area contributed by atoms with Crippen LogP contribution in [0, 0.1) is 0 Å². The Kier molecular flexibility index (Phi) is 7.02. The van der Waals surface area contributed by atoms with Crippen molar-refractivity contribution in [1.82, 2.24) is 5.32 Å². The number of fused-ring (bicyclic) bond motifs is 1. The predicted octanol–water partition coefficient (Wildman–Crippen LogP) is 0.646. The molecule has 140 valence electrons. The maximum atomic E-state index is 12.2. The fourth-order valence-electron chi connectivity index (χ4n) is 2.61. The SMILES string of the molecule is CCCC(=O)N[C@H]1Cc2cccc(C(=O)OCCOC(C)=O)c2OB1O. The lowest BCUT2D eigenvalue weighted by atomic mass is 9.72. The summed E-state index contributed by atoms with van der Waals surface area (Å²) >= 11 is 0. The van der Waals surface area contributed by atoms with Crippen LogP contribution in [0.15, 0.2) is 18.2 Å². The molecular formula is C17H22BNO7. The third kappa shape index (κ3) is 5.22. The zero-order valence-corrected chi connectivity index (χ0v) is 14.8. The van der Waals surface area contributed by atoms with Gasteiger partial charge in [-0.1, -0.05) is 19.1 Å². The number of ether oxygens (including phenoxy) is 2. The molecule has 0 unspecified atom stereocenters. The van der Waals surface area contributed by atoms with Crippen molar-refractivity contribution in [2.75, 3.05) is 13.2 Å². The second-order valence-electron chi connectivity index (χ2n) is 5.91. The van der Waals surface area contributed by atoms with Gasteiger partial charge in [0.15, 0.2) is 0 Å². The van der Waals surface area contributed by atoms with Gasteiger partial charge < -0.3 is 24.5 Å². The molecule has 1 aliphatic rings. The summed E-state index contributed by atoms with van der Waals surface area (Å²) in [6, 6.07) is 4.96. The van der Waals surface area contributed by atoms with Crippen molar-refractivity contribution in [3.63, 3.8) is 0 Å². The van der Waals surface area contributed by atoms with Gasteiger partial charge in [-0.25, -0.2) is 4.79 Å². The number of nitrogens with one attached hydrogen (secondary N) is 1. The zero-order valence-electron chi connectivity index (χ0n) is 14.8. The van der Waals surface area contributed by atoms with Gasteiger partial charge in [-0.15, -0.1) is 0 Å². The number of esters is 2. The number of hydrogen-bond donors (Lipinski definition) is 2. The molecule has 1 atom stereocenters. The molecule has 0 spiro atoms. The molecule has 2 rings (SSSR count). The van der Waals surface area contributed by atoms with Gasteiger partial charge in [-0.2, -0.15) is 0 Å². The minimum atomic E-state index is -1.27. The summed E-state index contributed by atoms with van der Waals surface area (Å²) in [7, 11) is -1.27. The van der Waals surface area contributed by atoms with Gasteiger partial charge in [0.1, 0.15) is 24.5 Å². The van der Waals surface area contributed by atoms with E-state index in [4.69, 9.17) is 14.1 Å². The third-order valence-corrected chi connectivity index (χ3v) is 3.78. The van der Waals surface area contributed by atoms with Gasteiger partial charge in [0.2, 0.25) is 5.91 Å². The van der Waals surface area contributed by atoms with Gasteiger partial charge in [-0.3, -0.25) is 9.59 Å². The minimum Gasteiger partial charge on any atom is -0.534 e. The Morgan fingerprint density at radius 1 is 1.31 bits per heavy atom. The molecule has 26 heavy (non-hydrogen) atoms. The number of carbonyl (C=O) groups excluding carboxylic acids is 3. The van der Waals surface area contributed by atoms with Crippen LogP contribution in [-0.2, 0) is 25.5 Å². The lowest BCUT2D eigenvalue weighted by Crippen LogP contribution is -2.53. The quantitative estimate of drug-likeness (QED) is 0.416. The molecule has 1 heterocycles. The van der Waals surface area contributed by atoms with Gasteiger partial charge in [-0.05, 0) is 24.5 Å². The largest absolute Gasteiger partial charge is 0.547 e. The predicted molar refractivity (Wildman–Crippen MR) is 92.5 cm³/mol. The first-order valence-electron chi connectivity index (χ1n) is 8.48. The van der Waals surface area contributed by atoms with Crippen LogP contribution < -0.4 is 9.97 Å². The minimum absolute atomic E-state index is 0.0366. The molecule has 0 saturated heterocycles. The molecule has 0 fully saturated rings. The molecule has 9 heteroatoms. The van der Waals surface area contributed by atoms with Crippen LogP contribution in [0.3, 0.4) is 0 Å². The van der Waals surface area contributed by atoms with E-state index in [1.807, 2.05) is 6.92 Å². The fourth-order valence-corrected chi connectivity index (χ4v) is 2.61. The molecule has 0 aliphatic carbocycles. The summed E-state index contributed by atoms with van der Waals surface area (Å²) < 4.78 is 15.2. The highest BCUT2D eigenvalue weighted by molar-refractivity contribution is 6.47. The van der Waals surface area contributed by atoms with E-state index in [0.29, 0.717) is 24.8 Å². The first-order chi connectivity index (χ1) is 12.4. The summed E-state index contributed by atoms with van der Waals surface area (Å²) in [5.41, 5.74) is 0.856. The zero-order chi connectivity index (χ0) is 19.1. The second kappa shape index (κ2) is 9.24. The molecule has 1 aliphatic heterocycles. The molecule has 2 N–H and O–H groups in total. The lowest BCUT2D eigenvalue weighted by molar-refractivity contribution is -0.142. The van der Waals surface area contributed by atoms with Crippen molar-refractivity contribution < 1.29 is 33.5 Å². The second-order valence-corrected chi connectivity index (χ2v) is 5.91. The average molecular weight is 363 g/mol. The molecule has 1 amide bonds. The average Bonchev–Trinajstić information content (AvgIpc) is 2.58. The van der Waals surface area contributed by atoms with Crippen molar-refractivity contribution in [1.29, 1.82) is 0 Å². The van der Waals surface area contributed by atoms with Crippen LogP contribution in [0.4, 0.5) is 0 Å². The molecule has 0 bridgehead atoms. The summed E-state index contributed by atoms with van der Waals surface area (Å²) in [5.74, 6) is -1.62. The summed E-state index contributed by atoms with van der Waals surface area (Å²) in [6.07, 6.45) is 1.40. The normalized spacial score (nSPS) is 15.5. The van der Waals surface area contributed by atoms with E-state index in [1.165, 1.54) is 13.0 Å². The number of amides is 1. The van der Waals surface area contributed by atoms with E-state index < -0.39 is 25.0 Å². The smallest absolute Gasteiger partial charge is 0.534 e. The summed E-state index contributed by atoms with van der Waals surface area (Å²) in [5, 5.41) is 12.9. The topological polar surface area (TPSA) is 111 Å². The first kappa shape index (κ1) is 19.8. The highest BCUT2D eigenvalue weighted by Gasteiger charge is 2.37. The van der Waals surface area contributed by atoms with Gasteiger partial charge in [0.25, 0.3) is 0 Å². The van der Waals surface area contributed by atoms with E-state index in [2.05, 4.69) is 5.32 Å². The number of benzene rings is 1. The Balaban J connectivity index is 2.04. The highest BCUT2D eigenvalue weighted by atomic mass is 16.6. The standard InChI is InChI=1S/C17H22BNO7/c1-3-5-15(21)19-14-10-12-6-4-7-13(16(12)26-18(14)23)17(22)25-9-8-24-11(2)20/h4,6-7,14,23H,3,5,8-10H2,1-2H3,(H,19,21)/t14-/m0/s1. The maximum absolute atomic E-state index is 12.2. The summed E-state index contributed by atoms with van der Waals surface area (Å²) in [4.78, 5) is 34.7. The number of carbonyl (C=O) groups is 3. The first-order valence-corrected chi connectivity index (χ1v) is 8.48. The van der Waals surface area contributed by atoms with Crippen molar-refractivity contribution in [3.05, 3.63) is 29.3 Å². The molecule has 0 radical (unpaired) electrons.